The van der Waals surface area contributed by atoms with Gasteiger partial charge in [0, 0.05) is 52.3 Å². The molecule has 1 aliphatic heterocycles. The van der Waals surface area contributed by atoms with Crippen molar-refractivity contribution in [3.05, 3.63) is 80.6 Å². The zero-order valence-corrected chi connectivity index (χ0v) is 22.5. The Morgan fingerprint density at radius 1 is 0.833 bits per heavy atom. The van der Waals surface area contributed by atoms with Gasteiger partial charge in [0.05, 0.1) is 6.61 Å². The first kappa shape index (κ1) is 24.8. The van der Waals surface area contributed by atoms with Gasteiger partial charge in [-0.25, -0.2) is 0 Å². The number of ether oxygens (including phenoxy) is 2. The second kappa shape index (κ2) is 10.6. The zero-order chi connectivity index (χ0) is 25.2. The fourth-order valence-electron chi connectivity index (χ4n) is 5.77. The molecule has 0 spiro atoms. The molecule has 188 valence electrons. The molecule has 0 radical (unpaired) electrons. The summed E-state index contributed by atoms with van der Waals surface area (Å²) in [7, 11) is 0. The predicted molar refractivity (Wildman–Crippen MR) is 143 cm³/mol. The molecule has 36 heavy (non-hydrogen) atoms. The van der Waals surface area contributed by atoms with E-state index < -0.39 is 0 Å². The van der Waals surface area contributed by atoms with E-state index in [4.69, 9.17) is 9.47 Å². The predicted octanol–water partition coefficient (Wildman–Crippen LogP) is 6.86. The fourth-order valence-corrected chi connectivity index (χ4v) is 6.03. The lowest BCUT2D eigenvalue weighted by Gasteiger charge is -2.43. The molecule has 0 amide bonds. The molecule has 2 aromatic rings. The third-order valence-corrected chi connectivity index (χ3v) is 7.84. The quantitative estimate of drug-likeness (QED) is 0.377. The van der Waals surface area contributed by atoms with Crippen LogP contribution in [0.2, 0.25) is 0 Å². The number of carbonyl (C=O) groups is 2. The molecule has 0 saturated heterocycles. The first-order valence-electron chi connectivity index (χ1n) is 13.0. The van der Waals surface area contributed by atoms with E-state index in [2.05, 4.69) is 27.8 Å². The molecular formula is C30H32BrNO4. The van der Waals surface area contributed by atoms with Gasteiger partial charge in [0.15, 0.2) is 23.1 Å². The summed E-state index contributed by atoms with van der Waals surface area (Å²) in [5.74, 6) is 1.29. The van der Waals surface area contributed by atoms with Crippen LogP contribution < -0.4 is 9.47 Å². The first-order valence-corrected chi connectivity index (χ1v) is 13.7. The van der Waals surface area contributed by atoms with Crippen LogP contribution in [0.15, 0.2) is 69.5 Å². The van der Waals surface area contributed by atoms with E-state index in [0.29, 0.717) is 37.6 Å². The second-order valence-corrected chi connectivity index (χ2v) is 10.4. The number of ketones is 2. The minimum atomic E-state index is -0.335. The Morgan fingerprint density at radius 2 is 1.47 bits per heavy atom. The third-order valence-electron chi connectivity index (χ3n) is 7.31. The fraction of sp³-hybridized carbons (Fsp3) is 0.400. The minimum Gasteiger partial charge on any atom is -0.490 e. The van der Waals surface area contributed by atoms with E-state index >= 15 is 0 Å². The van der Waals surface area contributed by atoms with Crippen LogP contribution in [0.4, 0.5) is 0 Å². The standard InChI is InChI=1S/C30H32BrNO4/c1-3-32-22-7-5-9-24(33)29(22)28(30-23(32)8-6-10-25(30)34)20-13-16-26(27(17-20)35-4-2)36-18-19-11-14-21(31)15-12-19/h11-17,28H,3-10,18H2,1-2H3. The maximum atomic E-state index is 13.3. The molecule has 0 bridgehead atoms. The highest BCUT2D eigenvalue weighted by Gasteiger charge is 2.43. The number of hydrogen-bond acceptors (Lipinski definition) is 5. The number of rotatable bonds is 7. The van der Waals surface area contributed by atoms with Crippen molar-refractivity contribution in [1.82, 2.24) is 4.90 Å². The van der Waals surface area contributed by atoms with Gasteiger partial charge < -0.3 is 14.4 Å². The highest BCUT2D eigenvalue weighted by molar-refractivity contribution is 9.10. The summed E-state index contributed by atoms with van der Waals surface area (Å²) in [5, 5.41) is 0. The molecule has 0 unspecified atom stereocenters. The molecule has 0 aromatic heterocycles. The van der Waals surface area contributed by atoms with Crippen LogP contribution in [0.25, 0.3) is 0 Å². The lowest BCUT2D eigenvalue weighted by Crippen LogP contribution is -2.39. The Morgan fingerprint density at radius 3 is 2.06 bits per heavy atom. The maximum Gasteiger partial charge on any atom is 0.161 e. The summed E-state index contributed by atoms with van der Waals surface area (Å²) >= 11 is 3.47. The topological polar surface area (TPSA) is 55.8 Å². The molecule has 0 N–H and O–H groups in total. The second-order valence-electron chi connectivity index (χ2n) is 9.51. The van der Waals surface area contributed by atoms with Crippen molar-refractivity contribution in [2.45, 2.75) is 64.9 Å². The van der Waals surface area contributed by atoms with Gasteiger partial charge in [0.2, 0.25) is 0 Å². The minimum absolute atomic E-state index is 0.165. The molecule has 1 heterocycles. The van der Waals surface area contributed by atoms with Gasteiger partial charge in [0.25, 0.3) is 0 Å². The van der Waals surface area contributed by atoms with Gasteiger partial charge in [-0.05, 0) is 74.9 Å². The Kier molecular flexibility index (Phi) is 7.33. The van der Waals surface area contributed by atoms with Crippen LogP contribution >= 0.6 is 15.9 Å². The van der Waals surface area contributed by atoms with Gasteiger partial charge in [0.1, 0.15) is 6.61 Å². The molecule has 5 nitrogen and oxygen atoms in total. The molecular weight excluding hydrogens is 518 g/mol. The van der Waals surface area contributed by atoms with Crippen LogP contribution in [0.1, 0.15) is 69.4 Å². The number of nitrogens with zero attached hydrogens (tertiary/aromatic N) is 1. The van der Waals surface area contributed by atoms with Crippen LogP contribution in [0, 0.1) is 0 Å². The highest BCUT2D eigenvalue weighted by atomic mass is 79.9. The normalized spacial score (nSPS) is 18.4. The van der Waals surface area contributed by atoms with Crippen molar-refractivity contribution in [2.24, 2.45) is 0 Å². The number of Topliss-reactive ketones (excluding diaryl/α,β-unsaturated/α-hetero) is 2. The third kappa shape index (κ3) is 4.63. The van der Waals surface area contributed by atoms with Gasteiger partial charge >= 0.3 is 0 Å². The summed E-state index contributed by atoms with van der Waals surface area (Å²) in [5.41, 5.74) is 5.82. The van der Waals surface area contributed by atoms with Gasteiger partial charge in [-0.15, -0.1) is 0 Å². The molecule has 0 saturated carbocycles. The molecule has 6 heteroatoms. The van der Waals surface area contributed by atoms with Gasteiger partial charge in [-0.3, -0.25) is 9.59 Å². The van der Waals surface area contributed by atoms with Crippen molar-refractivity contribution in [3.8, 4) is 11.5 Å². The SMILES string of the molecule is CCOc1cc(C2C3=C(CCCC3=O)N(CC)C3=C2C(=O)CCC3)ccc1OCc1ccc(Br)cc1. The number of halogens is 1. The van der Waals surface area contributed by atoms with Crippen LogP contribution in [0.3, 0.4) is 0 Å². The Hall–Kier alpha value is -2.86. The molecule has 0 atom stereocenters. The summed E-state index contributed by atoms with van der Waals surface area (Å²) in [6.45, 7) is 5.74. The van der Waals surface area contributed by atoms with E-state index in [1.165, 1.54) is 0 Å². The number of carbonyl (C=O) groups excluding carboxylic acids is 2. The van der Waals surface area contributed by atoms with Gasteiger partial charge in [-0.2, -0.15) is 0 Å². The number of hydrogen-bond donors (Lipinski definition) is 0. The average Bonchev–Trinajstić information content (AvgIpc) is 2.88. The monoisotopic (exact) mass is 549 g/mol. The Balaban J connectivity index is 1.56. The van der Waals surface area contributed by atoms with Gasteiger partial charge in [-0.1, -0.05) is 34.1 Å². The Labute approximate surface area is 221 Å². The smallest absolute Gasteiger partial charge is 0.161 e. The van der Waals surface area contributed by atoms with E-state index in [1.807, 2.05) is 49.4 Å². The molecule has 0 fully saturated rings. The van der Waals surface area contributed by atoms with E-state index in [9.17, 15) is 9.59 Å². The first-order chi connectivity index (χ1) is 17.5. The highest BCUT2D eigenvalue weighted by Crippen LogP contribution is 2.50. The van der Waals surface area contributed by atoms with Crippen molar-refractivity contribution in [1.29, 1.82) is 0 Å². The molecule has 5 rings (SSSR count). The maximum absolute atomic E-state index is 13.3. The van der Waals surface area contributed by atoms with E-state index in [-0.39, 0.29) is 17.5 Å². The largest absolute Gasteiger partial charge is 0.490 e. The average molecular weight is 550 g/mol. The van der Waals surface area contributed by atoms with Crippen molar-refractivity contribution in [2.75, 3.05) is 13.2 Å². The Bertz CT molecular complexity index is 1200. The summed E-state index contributed by atoms with van der Waals surface area (Å²) in [4.78, 5) is 28.9. The van der Waals surface area contributed by atoms with Crippen LogP contribution in [-0.4, -0.2) is 29.6 Å². The van der Waals surface area contributed by atoms with Crippen molar-refractivity contribution >= 4 is 27.5 Å². The van der Waals surface area contributed by atoms with Crippen LogP contribution in [0.5, 0.6) is 11.5 Å². The summed E-state index contributed by atoms with van der Waals surface area (Å²) in [6.07, 6.45) is 4.56. The molecule has 2 aliphatic carbocycles. The van der Waals surface area contributed by atoms with E-state index in [1.54, 1.807) is 0 Å². The summed E-state index contributed by atoms with van der Waals surface area (Å²) < 4.78 is 13.2. The molecule has 3 aliphatic rings. The van der Waals surface area contributed by atoms with Crippen LogP contribution in [-0.2, 0) is 16.2 Å². The number of benzene rings is 2. The molecule has 2 aromatic carbocycles. The summed E-state index contributed by atoms with van der Waals surface area (Å²) in [6, 6.07) is 13.9. The lowest BCUT2D eigenvalue weighted by molar-refractivity contribution is -0.117. The zero-order valence-electron chi connectivity index (χ0n) is 20.9. The van der Waals surface area contributed by atoms with Crippen molar-refractivity contribution < 1.29 is 19.1 Å². The number of allylic oxidation sites excluding steroid dienone is 4. The van der Waals surface area contributed by atoms with Crippen molar-refractivity contribution in [3.63, 3.8) is 0 Å². The lowest BCUT2D eigenvalue weighted by atomic mass is 9.71. The van der Waals surface area contributed by atoms with E-state index in [0.717, 1.165) is 70.4 Å².